The van der Waals surface area contributed by atoms with Crippen LogP contribution >= 0.6 is 0 Å². The van der Waals surface area contributed by atoms with Gasteiger partial charge < -0.3 is 10.4 Å². The smallest absolute Gasteiger partial charge is 0.337 e. The summed E-state index contributed by atoms with van der Waals surface area (Å²) in [6.45, 7) is 3.26. The topological polar surface area (TPSA) is 66.4 Å². The summed E-state index contributed by atoms with van der Waals surface area (Å²) in [7, 11) is 0. The van der Waals surface area contributed by atoms with Crippen LogP contribution in [0.3, 0.4) is 0 Å². The van der Waals surface area contributed by atoms with Crippen molar-refractivity contribution in [3.8, 4) is 11.8 Å². The second kappa shape index (κ2) is 4.99. The standard InChI is InChI=1S/C12H11NO3/c1-3-5-10(14)13-11-8(2)6-4-7-9(11)12(15)16/h4,6-7H,1-2H3,(H,13,14)(H,15,16). The maximum absolute atomic E-state index is 11.3. The van der Waals surface area contributed by atoms with Crippen LogP contribution in [0.5, 0.6) is 0 Å². The highest BCUT2D eigenvalue weighted by Gasteiger charge is 2.13. The van der Waals surface area contributed by atoms with Crippen LogP contribution in [0.2, 0.25) is 0 Å². The van der Waals surface area contributed by atoms with Crippen LogP contribution in [0, 0.1) is 18.8 Å². The Labute approximate surface area is 93.3 Å². The van der Waals surface area contributed by atoms with E-state index in [0.29, 0.717) is 11.3 Å². The zero-order valence-corrected chi connectivity index (χ0v) is 9.00. The van der Waals surface area contributed by atoms with Crippen LogP contribution in [0.25, 0.3) is 0 Å². The highest BCUT2D eigenvalue weighted by molar-refractivity contribution is 6.08. The molecule has 1 aromatic carbocycles. The maximum Gasteiger partial charge on any atom is 0.337 e. The molecule has 0 spiro atoms. The molecule has 1 rings (SSSR count). The van der Waals surface area contributed by atoms with Gasteiger partial charge in [-0.25, -0.2) is 4.79 Å². The number of aryl methyl sites for hydroxylation is 1. The van der Waals surface area contributed by atoms with Gasteiger partial charge in [-0.3, -0.25) is 4.79 Å². The fourth-order valence-electron chi connectivity index (χ4n) is 1.27. The molecule has 0 radical (unpaired) electrons. The Balaban J connectivity index is 3.14. The molecule has 2 N–H and O–H groups in total. The summed E-state index contributed by atoms with van der Waals surface area (Å²) in [4.78, 5) is 22.2. The summed E-state index contributed by atoms with van der Waals surface area (Å²) in [6, 6.07) is 4.78. The Hall–Kier alpha value is -2.28. The number of benzene rings is 1. The van der Waals surface area contributed by atoms with Crippen LogP contribution in [0.1, 0.15) is 22.8 Å². The first-order valence-electron chi connectivity index (χ1n) is 4.63. The first kappa shape index (κ1) is 11.8. The number of rotatable bonds is 2. The number of aromatic carboxylic acids is 1. The first-order valence-corrected chi connectivity index (χ1v) is 4.63. The molecule has 0 fully saturated rings. The molecule has 1 aromatic rings. The van der Waals surface area contributed by atoms with Gasteiger partial charge in [-0.2, -0.15) is 0 Å². The summed E-state index contributed by atoms with van der Waals surface area (Å²) in [5.41, 5.74) is 1.04. The number of carbonyl (C=O) groups excluding carboxylic acids is 1. The van der Waals surface area contributed by atoms with Gasteiger partial charge in [0.2, 0.25) is 0 Å². The molecule has 82 valence electrons. The normalized spacial score (nSPS) is 8.88. The van der Waals surface area contributed by atoms with Crippen molar-refractivity contribution in [3.63, 3.8) is 0 Å². The lowest BCUT2D eigenvalue weighted by Crippen LogP contribution is -2.13. The second-order valence-electron chi connectivity index (χ2n) is 3.13. The van der Waals surface area contributed by atoms with E-state index in [2.05, 4.69) is 17.2 Å². The number of para-hydroxylation sites is 1. The number of nitrogens with one attached hydrogen (secondary N) is 1. The molecule has 4 heteroatoms. The van der Waals surface area contributed by atoms with E-state index in [1.807, 2.05) is 0 Å². The van der Waals surface area contributed by atoms with Crippen molar-refractivity contribution >= 4 is 17.6 Å². The van der Waals surface area contributed by atoms with Crippen molar-refractivity contribution in [1.29, 1.82) is 0 Å². The quantitative estimate of drug-likeness (QED) is 0.740. The summed E-state index contributed by atoms with van der Waals surface area (Å²) >= 11 is 0. The van der Waals surface area contributed by atoms with E-state index in [4.69, 9.17) is 5.11 Å². The lowest BCUT2D eigenvalue weighted by atomic mass is 10.1. The van der Waals surface area contributed by atoms with E-state index in [1.165, 1.54) is 13.0 Å². The van der Waals surface area contributed by atoms with Gasteiger partial charge >= 0.3 is 5.97 Å². The molecule has 4 nitrogen and oxygen atoms in total. The Morgan fingerprint density at radius 2 is 2.06 bits per heavy atom. The van der Waals surface area contributed by atoms with E-state index in [9.17, 15) is 9.59 Å². The van der Waals surface area contributed by atoms with Crippen molar-refractivity contribution in [2.75, 3.05) is 5.32 Å². The molecular weight excluding hydrogens is 206 g/mol. The number of carboxylic acids is 1. The second-order valence-corrected chi connectivity index (χ2v) is 3.13. The third-order valence-electron chi connectivity index (χ3n) is 1.98. The SMILES string of the molecule is CC#CC(=O)Nc1c(C)cccc1C(=O)O. The number of carbonyl (C=O) groups is 2. The minimum atomic E-state index is -1.08. The Morgan fingerprint density at radius 1 is 1.38 bits per heavy atom. The largest absolute Gasteiger partial charge is 0.478 e. The predicted octanol–water partition coefficient (Wildman–Crippen LogP) is 1.66. The number of hydrogen-bond acceptors (Lipinski definition) is 2. The molecule has 0 bridgehead atoms. The molecule has 0 aromatic heterocycles. The van der Waals surface area contributed by atoms with Crippen molar-refractivity contribution in [2.45, 2.75) is 13.8 Å². The van der Waals surface area contributed by atoms with Crippen molar-refractivity contribution < 1.29 is 14.7 Å². The number of carboxylic acid groups (broad SMARTS) is 1. The van der Waals surface area contributed by atoms with Gasteiger partial charge in [0.15, 0.2) is 0 Å². The lowest BCUT2D eigenvalue weighted by molar-refractivity contribution is -0.111. The van der Waals surface area contributed by atoms with Gasteiger partial charge in [0, 0.05) is 0 Å². The average molecular weight is 217 g/mol. The van der Waals surface area contributed by atoms with E-state index in [1.54, 1.807) is 19.1 Å². The summed E-state index contributed by atoms with van der Waals surface area (Å²) in [5.74, 6) is 3.15. The molecule has 0 aliphatic rings. The molecule has 16 heavy (non-hydrogen) atoms. The van der Waals surface area contributed by atoms with Gasteiger partial charge in [-0.1, -0.05) is 18.1 Å². The number of amides is 1. The highest BCUT2D eigenvalue weighted by Crippen LogP contribution is 2.20. The minimum absolute atomic E-state index is 0.0613. The van der Waals surface area contributed by atoms with Gasteiger partial charge in [0.25, 0.3) is 5.91 Å². The van der Waals surface area contributed by atoms with Gasteiger partial charge in [0.1, 0.15) is 0 Å². The summed E-state index contributed by atoms with van der Waals surface area (Å²) < 4.78 is 0. The third-order valence-corrected chi connectivity index (χ3v) is 1.98. The van der Waals surface area contributed by atoms with E-state index in [-0.39, 0.29) is 5.56 Å². The molecule has 0 saturated carbocycles. The van der Waals surface area contributed by atoms with Gasteiger partial charge in [0.05, 0.1) is 11.3 Å². The summed E-state index contributed by atoms with van der Waals surface area (Å²) in [5, 5.41) is 11.4. The molecule has 0 atom stereocenters. The monoisotopic (exact) mass is 217 g/mol. The molecule has 0 aliphatic carbocycles. The Bertz CT molecular complexity index is 495. The van der Waals surface area contributed by atoms with E-state index < -0.39 is 11.9 Å². The molecule has 1 amide bonds. The van der Waals surface area contributed by atoms with Gasteiger partial charge in [-0.15, -0.1) is 0 Å². The van der Waals surface area contributed by atoms with Crippen molar-refractivity contribution in [1.82, 2.24) is 0 Å². The molecule has 0 aliphatic heterocycles. The maximum atomic E-state index is 11.3. The molecule has 0 saturated heterocycles. The van der Waals surface area contributed by atoms with Crippen molar-refractivity contribution in [3.05, 3.63) is 29.3 Å². The van der Waals surface area contributed by atoms with E-state index >= 15 is 0 Å². The highest BCUT2D eigenvalue weighted by atomic mass is 16.4. The predicted molar refractivity (Wildman–Crippen MR) is 60.2 cm³/mol. The van der Waals surface area contributed by atoms with Crippen molar-refractivity contribution in [2.24, 2.45) is 0 Å². The Morgan fingerprint density at radius 3 is 2.62 bits per heavy atom. The fourth-order valence-corrected chi connectivity index (χ4v) is 1.27. The van der Waals surface area contributed by atoms with E-state index in [0.717, 1.165) is 0 Å². The fraction of sp³-hybridized carbons (Fsp3) is 0.167. The minimum Gasteiger partial charge on any atom is -0.478 e. The number of anilines is 1. The lowest BCUT2D eigenvalue weighted by Gasteiger charge is -2.08. The Kier molecular flexibility index (Phi) is 3.67. The number of hydrogen-bond donors (Lipinski definition) is 2. The zero-order valence-electron chi connectivity index (χ0n) is 9.00. The first-order chi connectivity index (χ1) is 7.56. The van der Waals surface area contributed by atoms with Crippen LogP contribution in [-0.2, 0) is 4.79 Å². The van der Waals surface area contributed by atoms with Crippen LogP contribution < -0.4 is 5.32 Å². The van der Waals surface area contributed by atoms with Crippen LogP contribution in [0.4, 0.5) is 5.69 Å². The van der Waals surface area contributed by atoms with Gasteiger partial charge in [-0.05, 0) is 31.4 Å². The van der Waals surface area contributed by atoms with Crippen LogP contribution in [0.15, 0.2) is 18.2 Å². The third kappa shape index (κ3) is 2.61. The average Bonchev–Trinajstić information content (AvgIpc) is 2.21. The summed E-state index contributed by atoms with van der Waals surface area (Å²) in [6.07, 6.45) is 0. The molecule has 0 unspecified atom stereocenters. The molecular formula is C12H11NO3. The van der Waals surface area contributed by atoms with Crippen LogP contribution in [-0.4, -0.2) is 17.0 Å². The zero-order chi connectivity index (χ0) is 12.1. The molecule has 0 heterocycles.